The molecule has 13 heavy (non-hydrogen) atoms. The van der Waals surface area contributed by atoms with Gasteiger partial charge in [-0.05, 0) is 38.9 Å². The van der Waals surface area contributed by atoms with Crippen molar-refractivity contribution in [3.8, 4) is 0 Å². The van der Waals surface area contributed by atoms with Gasteiger partial charge in [-0.25, -0.2) is 0 Å². The van der Waals surface area contributed by atoms with Gasteiger partial charge >= 0.3 is 0 Å². The van der Waals surface area contributed by atoms with E-state index in [0.717, 1.165) is 6.54 Å². The van der Waals surface area contributed by atoms with Gasteiger partial charge in [0, 0.05) is 6.54 Å². The van der Waals surface area contributed by atoms with E-state index in [0.29, 0.717) is 0 Å². The second-order valence-electron chi connectivity index (χ2n) is 3.02. The number of carbonyl (C=O) groups excluding carboxylic acids is 1. The minimum atomic E-state index is 0.143. The fourth-order valence-corrected chi connectivity index (χ4v) is 1.33. The van der Waals surface area contributed by atoms with Crippen molar-refractivity contribution in [1.82, 2.24) is 4.90 Å². The molecule has 2 heteroatoms. The third kappa shape index (κ3) is 6.52. The zero-order valence-corrected chi connectivity index (χ0v) is 9.05. The molecular formula is C11H21NO. The highest BCUT2D eigenvalue weighted by molar-refractivity contribution is 5.87. The van der Waals surface area contributed by atoms with E-state index in [1.54, 1.807) is 13.0 Å². The van der Waals surface area contributed by atoms with Crippen LogP contribution in [0.1, 0.15) is 33.6 Å². The van der Waals surface area contributed by atoms with Crippen LogP contribution in [0.25, 0.3) is 0 Å². The van der Waals surface area contributed by atoms with E-state index in [2.05, 4.69) is 4.90 Å². The second kappa shape index (κ2) is 7.99. The van der Waals surface area contributed by atoms with Crippen molar-refractivity contribution in [1.29, 1.82) is 0 Å². The van der Waals surface area contributed by atoms with Gasteiger partial charge in [0.15, 0.2) is 5.78 Å². The van der Waals surface area contributed by atoms with E-state index < -0.39 is 0 Å². The first-order valence-electron chi connectivity index (χ1n) is 5.18. The zero-order chi connectivity index (χ0) is 10.1. The van der Waals surface area contributed by atoms with Gasteiger partial charge < -0.3 is 0 Å². The first-order valence-corrected chi connectivity index (χ1v) is 5.18. The van der Waals surface area contributed by atoms with Gasteiger partial charge in [-0.3, -0.25) is 9.69 Å². The molecule has 0 aromatic heterocycles. The molecule has 0 aromatic rings. The van der Waals surface area contributed by atoms with Crippen LogP contribution in [0.4, 0.5) is 0 Å². The fraction of sp³-hybridized carbons (Fsp3) is 0.727. The van der Waals surface area contributed by atoms with E-state index in [-0.39, 0.29) is 5.78 Å². The maximum absolute atomic E-state index is 10.5. The molecule has 1 fully saturated rings. The zero-order valence-electron chi connectivity index (χ0n) is 9.05. The number of rotatable bonds is 3. The number of hydrogen-bond acceptors (Lipinski definition) is 2. The molecule has 0 aromatic carbocycles. The van der Waals surface area contributed by atoms with Crippen LogP contribution >= 0.6 is 0 Å². The van der Waals surface area contributed by atoms with Gasteiger partial charge in [0.25, 0.3) is 0 Å². The van der Waals surface area contributed by atoms with E-state index in [1.807, 2.05) is 19.9 Å². The Bertz CT molecular complexity index is 157. The Morgan fingerprint density at radius 3 is 2.31 bits per heavy atom. The highest BCUT2D eigenvalue weighted by Gasteiger charge is 2.08. The van der Waals surface area contributed by atoms with Crippen LogP contribution < -0.4 is 0 Å². The van der Waals surface area contributed by atoms with Crippen molar-refractivity contribution in [3.63, 3.8) is 0 Å². The average Bonchev–Trinajstić information content (AvgIpc) is 2.60. The van der Waals surface area contributed by atoms with Crippen molar-refractivity contribution < 1.29 is 4.79 Å². The van der Waals surface area contributed by atoms with E-state index in [9.17, 15) is 4.79 Å². The molecule has 1 rings (SSSR count). The van der Waals surface area contributed by atoms with Crippen LogP contribution in [0.3, 0.4) is 0 Å². The van der Waals surface area contributed by atoms with Crippen molar-refractivity contribution in [2.75, 3.05) is 19.6 Å². The summed E-state index contributed by atoms with van der Waals surface area (Å²) in [6.45, 7) is 8.92. The van der Waals surface area contributed by atoms with Gasteiger partial charge in [-0.15, -0.1) is 0 Å². The average molecular weight is 183 g/mol. The van der Waals surface area contributed by atoms with Gasteiger partial charge in [0.2, 0.25) is 0 Å². The molecule has 0 bridgehead atoms. The standard InChI is InChI=1S/C9H15NO.C2H6/c1-9(11)5-4-8-10-6-2-3-7-10;1-2/h4-5H,2-3,6-8H2,1H3;1-2H3/b5-4+;. The molecule has 0 N–H and O–H groups in total. The molecule has 0 spiro atoms. The lowest BCUT2D eigenvalue weighted by atomic mass is 10.4. The van der Waals surface area contributed by atoms with Gasteiger partial charge in [-0.1, -0.05) is 19.9 Å². The molecule has 0 radical (unpaired) electrons. The molecule has 0 unspecified atom stereocenters. The van der Waals surface area contributed by atoms with Crippen LogP contribution in [0.5, 0.6) is 0 Å². The number of allylic oxidation sites excluding steroid dienone is 1. The Hall–Kier alpha value is -0.630. The number of carbonyl (C=O) groups is 1. The summed E-state index contributed by atoms with van der Waals surface area (Å²) in [6, 6.07) is 0. The second-order valence-corrected chi connectivity index (χ2v) is 3.02. The topological polar surface area (TPSA) is 20.3 Å². The summed E-state index contributed by atoms with van der Waals surface area (Å²) in [5.41, 5.74) is 0. The van der Waals surface area contributed by atoms with Crippen molar-refractivity contribution >= 4 is 5.78 Å². The molecule has 0 atom stereocenters. The minimum Gasteiger partial charge on any atom is -0.300 e. The molecule has 0 amide bonds. The molecular weight excluding hydrogens is 162 g/mol. The van der Waals surface area contributed by atoms with E-state index in [4.69, 9.17) is 0 Å². The van der Waals surface area contributed by atoms with Crippen LogP contribution in [-0.4, -0.2) is 30.3 Å². The molecule has 0 aliphatic carbocycles. The Morgan fingerprint density at radius 2 is 1.85 bits per heavy atom. The highest BCUT2D eigenvalue weighted by atomic mass is 16.1. The maximum Gasteiger partial charge on any atom is 0.152 e. The lowest BCUT2D eigenvalue weighted by molar-refractivity contribution is -0.112. The highest BCUT2D eigenvalue weighted by Crippen LogP contribution is 2.05. The summed E-state index contributed by atoms with van der Waals surface area (Å²) in [7, 11) is 0. The quantitative estimate of drug-likeness (QED) is 0.625. The maximum atomic E-state index is 10.5. The summed E-state index contributed by atoms with van der Waals surface area (Å²) >= 11 is 0. The summed E-state index contributed by atoms with van der Waals surface area (Å²) in [6.07, 6.45) is 6.23. The lowest BCUT2D eigenvalue weighted by Crippen LogP contribution is -2.18. The van der Waals surface area contributed by atoms with Crippen LogP contribution in [0.2, 0.25) is 0 Å². The number of hydrogen-bond donors (Lipinski definition) is 0. The molecule has 1 aliphatic heterocycles. The van der Waals surface area contributed by atoms with Crippen LogP contribution in [0.15, 0.2) is 12.2 Å². The third-order valence-corrected chi connectivity index (χ3v) is 1.91. The monoisotopic (exact) mass is 183 g/mol. The molecule has 76 valence electrons. The first kappa shape index (κ1) is 12.4. The van der Waals surface area contributed by atoms with Crippen molar-refractivity contribution in [2.24, 2.45) is 0 Å². The van der Waals surface area contributed by atoms with E-state index >= 15 is 0 Å². The van der Waals surface area contributed by atoms with Gasteiger partial charge in [-0.2, -0.15) is 0 Å². The molecule has 1 aliphatic rings. The van der Waals surface area contributed by atoms with Crippen molar-refractivity contribution in [2.45, 2.75) is 33.6 Å². The molecule has 1 heterocycles. The predicted molar refractivity (Wildman–Crippen MR) is 56.8 cm³/mol. The van der Waals surface area contributed by atoms with Crippen molar-refractivity contribution in [3.05, 3.63) is 12.2 Å². The Kier molecular flexibility index (Phi) is 7.60. The fourth-order valence-electron chi connectivity index (χ4n) is 1.33. The minimum absolute atomic E-state index is 0.143. The first-order chi connectivity index (χ1) is 6.29. The molecule has 1 saturated heterocycles. The van der Waals surface area contributed by atoms with Gasteiger partial charge in [0.05, 0.1) is 0 Å². The summed E-state index contributed by atoms with van der Waals surface area (Å²) in [4.78, 5) is 12.9. The number of likely N-dealkylation sites (tertiary alicyclic amines) is 1. The summed E-state index contributed by atoms with van der Waals surface area (Å²) in [5, 5.41) is 0. The normalized spacial score (nSPS) is 17.2. The van der Waals surface area contributed by atoms with E-state index in [1.165, 1.54) is 25.9 Å². The predicted octanol–water partition coefficient (Wildman–Crippen LogP) is 2.25. The molecule has 0 saturated carbocycles. The van der Waals surface area contributed by atoms with Crippen LogP contribution in [-0.2, 0) is 4.79 Å². The number of ketones is 1. The Balaban J connectivity index is 0.000000671. The van der Waals surface area contributed by atoms with Gasteiger partial charge in [0.1, 0.15) is 0 Å². The third-order valence-electron chi connectivity index (χ3n) is 1.91. The Labute approximate surface area is 81.6 Å². The summed E-state index contributed by atoms with van der Waals surface area (Å²) in [5.74, 6) is 0.143. The van der Waals surface area contributed by atoms with Crippen LogP contribution in [0, 0.1) is 0 Å². The lowest BCUT2D eigenvalue weighted by Gasteiger charge is -2.09. The molecule has 2 nitrogen and oxygen atoms in total. The number of nitrogens with zero attached hydrogens (tertiary/aromatic N) is 1. The Morgan fingerprint density at radius 1 is 1.31 bits per heavy atom. The largest absolute Gasteiger partial charge is 0.300 e. The smallest absolute Gasteiger partial charge is 0.152 e. The summed E-state index contributed by atoms with van der Waals surface area (Å²) < 4.78 is 0. The SMILES string of the molecule is CC.CC(=O)/C=C/CN1CCCC1.